The molecule has 0 radical (unpaired) electrons. The molecular weight excluding hydrogens is 296 g/mol. The van der Waals surface area contributed by atoms with Gasteiger partial charge in [-0.15, -0.1) is 0 Å². The molecule has 134 valence electrons. The minimum atomic E-state index is -0.0506. The Bertz CT molecular complexity index is 542. The van der Waals surface area contributed by atoms with E-state index >= 15 is 0 Å². The third-order valence-corrected chi connectivity index (χ3v) is 9.80. The molecule has 5 saturated carbocycles. The van der Waals surface area contributed by atoms with Gasteiger partial charge in [0.15, 0.2) is 0 Å². The maximum absolute atomic E-state index is 13.1. The van der Waals surface area contributed by atoms with Crippen LogP contribution in [0, 0.1) is 40.4 Å². The minimum Gasteiger partial charge on any atom is -0.393 e. The average molecular weight is 331 g/mol. The number of aliphatic hydroxyl groups is 1. The Hall–Kier alpha value is -0.370. The number of fused-ring (bicyclic) bond motifs is 4. The van der Waals surface area contributed by atoms with Gasteiger partial charge in [0, 0.05) is 11.8 Å². The topological polar surface area (TPSA) is 37.3 Å². The van der Waals surface area contributed by atoms with Crippen molar-refractivity contribution in [1.29, 1.82) is 0 Å². The molecule has 24 heavy (non-hydrogen) atoms. The van der Waals surface area contributed by atoms with Crippen LogP contribution < -0.4 is 0 Å². The van der Waals surface area contributed by atoms with E-state index in [2.05, 4.69) is 6.92 Å². The molecule has 0 bridgehead atoms. The molecule has 0 amide bonds. The Morgan fingerprint density at radius 1 is 0.917 bits per heavy atom. The molecule has 1 spiro atoms. The van der Waals surface area contributed by atoms with E-state index in [1.807, 2.05) is 0 Å². The first-order valence-corrected chi connectivity index (χ1v) is 10.8. The lowest BCUT2D eigenvalue weighted by atomic mass is 9.43. The van der Waals surface area contributed by atoms with Gasteiger partial charge >= 0.3 is 0 Å². The molecule has 0 aromatic rings. The molecule has 4 unspecified atom stereocenters. The highest BCUT2D eigenvalue weighted by atomic mass is 16.3. The summed E-state index contributed by atoms with van der Waals surface area (Å²) < 4.78 is 0. The number of hydrogen-bond donors (Lipinski definition) is 1. The number of rotatable bonds is 0. The van der Waals surface area contributed by atoms with E-state index < -0.39 is 0 Å². The fourth-order valence-corrected chi connectivity index (χ4v) is 8.74. The maximum Gasteiger partial charge on any atom is 0.139 e. The fraction of sp³-hybridized carbons (Fsp3) is 0.955. The number of ketones is 1. The first-order chi connectivity index (χ1) is 11.6. The third kappa shape index (κ3) is 1.90. The average Bonchev–Trinajstić information content (AvgIpc) is 2.97. The van der Waals surface area contributed by atoms with Crippen molar-refractivity contribution in [3.63, 3.8) is 0 Å². The Morgan fingerprint density at radius 2 is 1.75 bits per heavy atom. The summed E-state index contributed by atoms with van der Waals surface area (Å²) in [4.78, 5) is 13.1. The van der Waals surface area contributed by atoms with E-state index in [4.69, 9.17) is 0 Å². The summed E-state index contributed by atoms with van der Waals surface area (Å²) in [6.07, 6.45) is 14.4. The number of Topliss-reactive ketones (excluding diaryl/α,β-unsaturated/α-hetero) is 1. The van der Waals surface area contributed by atoms with Crippen molar-refractivity contribution in [1.82, 2.24) is 0 Å². The SMILES string of the molecule is C[C@]12CC[C@@H](O)C[C@H]1CCC1C3CCC4CCCC(=O)[C@@]43CCC12. The van der Waals surface area contributed by atoms with Gasteiger partial charge in [0.1, 0.15) is 5.78 Å². The van der Waals surface area contributed by atoms with Gasteiger partial charge in [-0.3, -0.25) is 4.79 Å². The standard InChI is InChI=1S/C22H34O2/c1-21-11-9-16(23)13-15(21)5-7-17-18(21)10-12-22-14(6-8-19(17)22)3-2-4-20(22)24/h14-19,23H,2-13H2,1H3/t14?,15-,16-,17?,18?,19?,21+,22+/m1/s1. The van der Waals surface area contributed by atoms with Gasteiger partial charge in [-0.25, -0.2) is 0 Å². The van der Waals surface area contributed by atoms with Crippen molar-refractivity contribution in [2.24, 2.45) is 40.4 Å². The molecule has 5 rings (SSSR count). The molecule has 5 aliphatic carbocycles. The van der Waals surface area contributed by atoms with Crippen LogP contribution in [0.25, 0.3) is 0 Å². The second-order valence-corrected chi connectivity index (χ2v) is 10.3. The van der Waals surface area contributed by atoms with Gasteiger partial charge in [-0.2, -0.15) is 0 Å². The van der Waals surface area contributed by atoms with E-state index in [9.17, 15) is 9.90 Å². The predicted octanol–water partition coefficient (Wildman–Crippen LogP) is 4.74. The lowest BCUT2D eigenvalue weighted by Gasteiger charge is -2.61. The quantitative estimate of drug-likeness (QED) is 0.696. The third-order valence-electron chi connectivity index (χ3n) is 9.80. The van der Waals surface area contributed by atoms with Crippen LogP contribution in [0.1, 0.15) is 84.0 Å². The fourth-order valence-electron chi connectivity index (χ4n) is 8.74. The second kappa shape index (κ2) is 5.32. The first kappa shape index (κ1) is 15.9. The van der Waals surface area contributed by atoms with Gasteiger partial charge in [0.25, 0.3) is 0 Å². The summed E-state index contributed by atoms with van der Waals surface area (Å²) in [5.41, 5.74) is 0.552. The summed E-state index contributed by atoms with van der Waals surface area (Å²) in [5.74, 6) is 4.46. The van der Waals surface area contributed by atoms with Crippen molar-refractivity contribution in [2.45, 2.75) is 90.1 Å². The van der Waals surface area contributed by atoms with Gasteiger partial charge in [0.2, 0.25) is 0 Å². The van der Waals surface area contributed by atoms with E-state index in [-0.39, 0.29) is 11.5 Å². The zero-order valence-corrected chi connectivity index (χ0v) is 15.3. The maximum atomic E-state index is 13.1. The van der Waals surface area contributed by atoms with Crippen LogP contribution >= 0.6 is 0 Å². The van der Waals surface area contributed by atoms with Gasteiger partial charge in [-0.1, -0.05) is 6.92 Å². The molecular formula is C22H34O2. The Labute approximate surface area is 146 Å². The normalized spacial score (nSPS) is 56.8. The highest BCUT2D eigenvalue weighted by molar-refractivity contribution is 5.86. The van der Waals surface area contributed by atoms with E-state index in [0.717, 1.165) is 49.4 Å². The second-order valence-electron chi connectivity index (χ2n) is 10.3. The zero-order valence-electron chi connectivity index (χ0n) is 15.3. The monoisotopic (exact) mass is 330 g/mol. The first-order valence-electron chi connectivity index (χ1n) is 10.8. The molecule has 2 nitrogen and oxygen atoms in total. The van der Waals surface area contributed by atoms with Crippen LogP contribution in [-0.4, -0.2) is 17.0 Å². The van der Waals surface area contributed by atoms with Crippen LogP contribution in [0.5, 0.6) is 0 Å². The summed E-state index contributed by atoms with van der Waals surface area (Å²) in [6.45, 7) is 2.55. The van der Waals surface area contributed by atoms with E-state index in [0.29, 0.717) is 17.1 Å². The number of aliphatic hydroxyl groups excluding tert-OH is 1. The van der Waals surface area contributed by atoms with Crippen LogP contribution in [0.15, 0.2) is 0 Å². The summed E-state index contributed by atoms with van der Waals surface area (Å²) in [5, 5.41) is 10.2. The molecule has 1 N–H and O–H groups in total. The van der Waals surface area contributed by atoms with Crippen molar-refractivity contribution < 1.29 is 9.90 Å². The highest BCUT2D eigenvalue weighted by Crippen LogP contribution is 2.69. The summed E-state index contributed by atoms with van der Waals surface area (Å²) >= 11 is 0. The van der Waals surface area contributed by atoms with Crippen LogP contribution in [0.2, 0.25) is 0 Å². The molecule has 0 heterocycles. The molecule has 5 fully saturated rings. The van der Waals surface area contributed by atoms with Gasteiger partial charge < -0.3 is 5.11 Å². The molecule has 0 saturated heterocycles. The van der Waals surface area contributed by atoms with Crippen molar-refractivity contribution in [3.8, 4) is 0 Å². The summed E-state index contributed by atoms with van der Waals surface area (Å²) in [7, 11) is 0. The molecule has 0 aromatic carbocycles. The van der Waals surface area contributed by atoms with Crippen molar-refractivity contribution >= 4 is 5.78 Å². The molecule has 2 heteroatoms. The molecule has 0 aromatic heterocycles. The van der Waals surface area contributed by atoms with Crippen LogP contribution in [0.4, 0.5) is 0 Å². The highest BCUT2D eigenvalue weighted by Gasteiger charge is 2.64. The molecule has 0 aliphatic heterocycles. The smallest absolute Gasteiger partial charge is 0.139 e. The lowest BCUT2D eigenvalue weighted by Crippen LogP contribution is -2.57. The van der Waals surface area contributed by atoms with E-state index in [1.54, 1.807) is 0 Å². The Morgan fingerprint density at radius 3 is 2.62 bits per heavy atom. The molecule has 5 aliphatic rings. The number of hydrogen-bond acceptors (Lipinski definition) is 2. The minimum absolute atomic E-state index is 0.0506. The van der Waals surface area contributed by atoms with Crippen molar-refractivity contribution in [2.75, 3.05) is 0 Å². The molecule has 8 atom stereocenters. The van der Waals surface area contributed by atoms with Gasteiger partial charge in [-0.05, 0) is 106 Å². The zero-order chi connectivity index (χ0) is 16.5. The Kier molecular flexibility index (Phi) is 3.51. The van der Waals surface area contributed by atoms with E-state index in [1.165, 1.54) is 51.4 Å². The summed E-state index contributed by atoms with van der Waals surface area (Å²) in [6, 6.07) is 0. The Balaban J connectivity index is 1.48. The lowest BCUT2D eigenvalue weighted by molar-refractivity contribution is -0.158. The van der Waals surface area contributed by atoms with Crippen molar-refractivity contribution in [3.05, 3.63) is 0 Å². The predicted molar refractivity (Wildman–Crippen MR) is 94.4 cm³/mol. The largest absolute Gasteiger partial charge is 0.393 e. The van der Waals surface area contributed by atoms with Crippen LogP contribution in [0.3, 0.4) is 0 Å². The van der Waals surface area contributed by atoms with Gasteiger partial charge in [0.05, 0.1) is 6.10 Å². The number of carbonyl (C=O) groups excluding carboxylic acids is 1. The number of carbonyl (C=O) groups is 1. The van der Waals surface area contributed by atoms with Crippen LogP contribution in [-0.2, 0) is 4.79 Å².